The van der Waals surface area contributed by atoms with Crippen LogP contribution in [-0.2, 0) is 18.4 Å². The summed E-state index contributed by atoms with van der Waals surface area (Å²) in [5, 5.41) is 28.9. The molecule has 0 aliphatic heterocycles. The Morgan fingerprint density at radius 1 is 0.938 bits per heavy atom. The molecule has 0 unspecified atom stereocenters. The second-order valence-electron chi connectivity index (χ2n) is 12.3. The zero-order valence-electron chi connectivity index (χ0n) is 27.5. The van der Waals surface area contributed by atoms with Crippen molar-refractivity contribution in [1.29, 1.82) is 0 Å². The molecule has 2 amide bonds. The SMILES string of the molecule is CCc1ccccc1-c1nnc2ccc(Sc3ccccc3CNC(=O)Nc3cc(C(C)(C)C)nn3-c3cccc(OCCO)c3)cn12. The quantitative estimate of drug-likeness (QED) is 0.134. The lowest BCUT2D eigenvalue weighted by Crippen LogP contribution is -2.29. The Balaban J connectivity index is 1.19. The Hall–Kier alpha value is -5.13. The molecule has 11 heteroatoms. The van der Waals surface area contributed by atoms with Crippen LogP contribution in [0.1, 0.15) is 44.5 Å². The summed E-state index contributed by atoms with van der Waals surface area (Å²) in [6.45, 7) is 8.79. The zero-order chi connectivity index (χ0) is 33.7. The highest BCUT2D eigenvalue weighted by atomic mass is 32.2. The van der Waals surface area contributed by atoms with Gasteiger partial charge in [-0.25, -0.2) is 9.48 Å². The van der Waals surface area contributed by atoms with E-state index in [1.165, 1.54) is 5.56 Å². The van der Waals surface area contributed by atoms with E-state index in [9.17, 15) is 4.79 Å². The topological polar surface area (TPSA) is 119 Å². The maximum atomic E-state index is 13.3. The largest absolute Gasteiger partial charge is 0.491 e. The number of benzene rings is 3. The number of amides is 2. The number of carbonyl (C=O) groups is 1. The molecule has 0 bridgehead atoms. The number of nitrogens with zero attached hydrogens (tertiary/aromatic N) is 5. The number of aliphatic hydroxyl groups excluding tert-OH is 1. The summed E-state index contributed by atoms with van der Waals surface area (Å²) >= 11 is 1.62. The van der Waals surface area contributed by atoms with Crippen molar-refractivity contribution in [2.45, 2.75) is 55.9 Å². The number of pyridine rings is 1. The first-order chi connectivity index (χ1) is 23.2. The van der Waals surface area contributed by atoms with Crippen LogP contribution in [0.2, 0.25) is 0 Å². The Morgan fingerprint density at radius 3 is 2.52 bits per heavy atom. The predicted molar refractivity (Wildman–Crippen MR) is 189 cm³/mol. The van der Waals surface area contributed by atoms with Crippen molar-refractivity contribution >= 4 is 29.3 Å². The number of carbonyl (C=O) groups excluding carboxylic acids is 1. The molecule has 6 aromatic rings. The molecule has 6 rings (SSSR count). The van der Waals surface area contributed by atoms with E-state index in [1.54, 1.807) is 16.4 Å². The molecule has 0 aliphatic rings. The summed E-state index contributed by atoms with van der Waals surface area (Å²) in [7, 11) is 0. The monoisotopic (exact) mass is 661 g/mol. The van der Waals surface area contributed by atoms with Crippen LogP contribution < -0.4 is 15.4 Å². The number of aryl methyl sites for hydroxylation is 1. The number of ether oxygens (including phenoxy) is 1. The van der Waals surface area contributed by atoms with Crippen molar-refractivity contribution in [1.82, 2.24) is 29.7 Å². The third kappa shape index (κ3) is 7.37. The molecule has 3 N–H and O–H groups in total. The smallest absolute Gasteiger partial charge is 0.320 e. The van der Waals surface area contributed by atoms with Crippen molar-refractivity contribution in [2.24, 2.45) is 0 Å². The number of urea groups is 1. The van der Waals surface area contributed by atoms with E-state index in [2.05, 4.69) is 72.9 Å². The fourth-order valence-electron chi connectivity index (χ4n) is 5.28. The standard InChI is InChI=1S/C37H39N7O3S/c1-5-25-11-6-8-15-30(25)35-41-40-33-18-17-29(24-43(33)35)48-31-16-9-7-12-26(31)23-38-36(46)39-34-22-32(37(2,3)4)42-44(34)27-13-10-14-28(21-27)47-20-19-45/h6-18,21-22,24,45H,5,19-20,23H2,1-4H3,(H2,38,39,46). The van der Waals surface area contributed by atoms with Crippen molar-refractivity contribution in [2.75, 3.05) is 18.5 Å². The molecular weight excluding hydrogens is 623 g/mol. The van der Waals surface area contributed by atoms with E-state index in [0.29, 0.717) is 18.1 Å². The van der Waals surface area contributed by atoms with Gasteiger partial charge in [-0.2, -0.15) is 5.10 Å². The summed E-state index contributed by atoms with van der Waals surface area (Å²) in [6, 6.07) is 29.3. The number of hydrogen-bond acceptors (Lipinski definition) is 7. The minimum Gasteiger partial charge on any atom is -0.491 e. The Kier molecular flexibility index (Phi) is 9.79. The zero-order valence-corrected chi connectivity index (χ0v) is 28.3. The van der Waals surface area contributed by atoms with E-state index < -0.39 is 0 Å². The van der Waals surface area contributed by atoms with Crippen molar-refractivity contribution in [3.63, 3.8) is 0 Å². The van der Waals surface area contributed by atoms with Gasteiger partial charge >= 0.3 is 6.03 Å². The first kappa shape index (κ1) is 32.8. The van der Waals surface area contributed by atoms with Crippen LogP contribution in [0.3, 0.4) is 0 Å². The van der Waals surface area contributed by atoms with Gasteiger partial charge in [0.2, 0.25) is 0 Å². The number of nitrogens with one attached hydrogen (secondary N) is 2. The van der Waals surface area contributed by atoms with Gasteiger partial charge < -0.3 is 15.2 Å². The van der Waals surface area contributed by atoms with Crippen LogP contribution >= 0.6 is 11.8 Å². The van der Waals surface area contributed by atoms with Crippen LogP contribution in [0.15, 0.2) is 107 Å². The van der Waals surface area contributed by atoms with E-state index in [-0.39, 0.29) is 24.7 Å². The average Bonchev–Trinajstić information content (AvgIpc) is 3.71. The van der Waals surface area contributed by atoms with Gasteiger partial charge in [0.15, 0.2) is 11.5 Å². The Bertz CT molecular complexity index is 2050. The van der Waals surface area contributed by atoms with Crippen molar-refractivity contribution < 1.29 is 14.6 Å². The van der Waals surface area contributed by atoms with Gasteiger partial charge in [-0.15, -0.1) is 10.2 Å². The molecule has 3 aromatic carbocycles. The lowest BCUT2D eigenvalue weighted by molar-refractivity contribution is 0.201. The van der Waals surface area contributed by atoms with E-state index in [4.69, 9.17) is 14.9 Å². The van der Waals surface area contributed by atoms with Crippen LogP contribution in [0.5, 0.6) is 5.75 Å². The first-order valence-electron chi connectivity index (χ1n) is 15.9. The molecule has 3 aromatic heterocycles. The third-order valence-corrected chi connectivity index (χ3v) is 8.89. The van der Waals surface area contributed by atoms with Crippen molar-refractivity contribution in [3.05, 3.63) is 114 Å². The average molecular weight is 662 g/mol. The van der Waals surface area contributed by atoms with Crippen molar-refractivity contribution in [3.8, 4) is 22.8 Å². The van der Waals surface area contributed by atoms with Gasteiger partial charge in [0.1, 0.15) is 18.2 Å². The Labute approximate surface area is 284 Å². The maximum Gasteiger partial charge on any atom is 0.320 e. The van der Waals surface area contributed by atoms with Crippen LogP contribution in [-0.4, -0.2) is 48.7 Å². The van der Waals surface area contributed by atoms with Crippen LogP contribution in [0, 0.1) is 0 Å². The van der Waals surface area contributed by atoms with Crippen LogP contribution in [0.4, 0.5) is 10.6 Å². The number of hydrogen-bond donors (Lipinski definition) is 3. The van der Waals surface area contributed by atoms with Gasteiger partial charge in [0.05, 0.1) is 18.0 Å². The molecule has 0 saturated heterocycles. The number of aliphatic hydroxyl groups is 1. The lowest BCUT2D eigenvalue weighted by atomic mass is 9.92. The molecule has 246 valence electrons. The summed E-state index contributed by atoms with van der Waals surface area (Å²) < 4.78 is 9.34. The molecule has 3 heterocycles. The van der Waals surface area contributed by atoms with Gasteiger partial charge in [0, 0.05) is 45.6 Å². The fourth-order valence-corrected chi connectivity index (χ4v) is 6.24. The van der Waals surface area contributed by atoms with E-state index in [1.807, 2.05) is 77.2 Å². The summed E-state index contributed by atoms with van der Waals surface area (Å²) in [4.78, 5) is 15.4. The van der Waals surface area contributed by atoms with Crippen LogP contribution in [0.25, 0.3) is 22.7 Å². The first-order valence-corrected chi connectivity index (χ1v) is 16.7. The normalized spacial score (nSPS) is 11.5. The third-order valence-electron chi connectivity index (χ3n) is 7.80. The minimum absolute atomic E-state index is 0.0822. The van der Waals surface area contributed by atoms with Gasteiger partial charge in [-0.1, -0.05) is 88.0 Å². The van der Waals surface area contributed by atoms with Gasteiger partial charge in [0.25, 0.3) is 0 Å². The molecular formula is C37H39N7O3S. The molecule has 10 nitrogen and oxygen atoms in total. The predicted octanol–water partition coefficient (Wildman–Crippen LogP) is 7.29. The molecule has 0 atom stereocenters. The van der Waals surface area contributed by atoms with E-state index >= 15 is 0 Å². The highest BCUT2D eigenvalue weighted by Gasteiger charge is 2.22. The van der Waals surface area contributed by atoms with E-state index in [0.717, 1.165) is 50.2 Å². The summed E-state index contributed by atoms with van der Waals surface area (Å²) in [5.41, 5.74) is 5.37. The fraction of sp³-hybridized carbons (Fsp3) is 0.243. The Morgan fingerprint density at radius 2 is 1.73 bits per heavy atom. The number of fused-ring (bicyclic) bond motifs is 1. The second-order valence-corrected chi connectivity index (χ2v) is 13.4. The molecule has 0 fully saturated rings. The summed E-state index contributed by atoms with van der Waals surface area (Å²) in [6.07, 6.45) is 2.97. The number of rotatable bonds is 11. The second kappa shape index (κ2) is 14.3. The minimum atomic E-state index is -0.353. The molecule has 0 saturated carbocycles. The number of aromatic nitrogens is 5. The molecule has 0 spiro atoms. The number of anilines is 1. The van der Waals surface area contributed by atoms with Gasteiger partial charge in [-0.3, -0.25) is 9.72 Å². The highest BCUT2D eigenvalue weighted by molar-refractivity contribution is 7.99. The molecule has 0 radical (unpaired) electrons. The van der Waals surface area contributed by atoms with Gasteiger partial charge in [-0.05, 0) is 47.9 Å². The summed E-state index contributed by atoms with van der Waals surface area (Å²) in [5.74, 6) is 1.95. The molecule has 0 aliphatic carbocycles. The highest BCUT2D eigenvalue weighted by Crippen LogP contribution is 2.32. The molecule has 48 heavy (non-hydrogen) atoms. The lowest BCUT2D eigenvalue weighted by Gasteiger charge is -2.14. The maximum absolute atomic E-state index is 13.3.